The van der Waals surface area contributed by atoms with Gasteiger partial charge in [-0.2, -0.15) is 0 Å². The summed E-state index contributed by atoms with van der Waals surface area (Å²) in [5.41, 5.74) is 0. The Morgan fingerprint density at radius 1 is 0.279 bits per heavy atom. The molecule has 0 amide bonds. The topological polar surface area (TPSA) is 237 Å². The van der Waals surface area contributed by atoms with Crippen LogP contribution in [0.5, 0.6) is 0 Å². The lowest BCUT2D eigenvalue weighted by molar-refractivity contribution is -0.161. The molecular formula is C85H166O17P2. The Labute approximate surface area is 638 Å². The van der Waals surface area contributed by atoms with Gasteiger partial charge in [0.15, 0.2) is 12.2 Å². The molecule has 0 aliphatic carbocycles. The lowest BCUT2D eigenvalue weighted by Gasteiger charge is -2.21. The Morgan fingerprint density at radius 3 is 0.731 bits per heavy atom. The first-order valence-electron chi connectivity index (χ1n) is 43.9. The quantitative estimate of drug-likeness (QED) is 0.0222. The van der Waals surface area contributed by atoms with Crippen molar-refractivity contribution in [3.63, 3.8) is 0 Å². The van der Waals surface area contributed by atoms with Crippen LogP contribution in [0.1, 0.15) is 447 Å². The molecule has 0 spiro atoms. The van der Waals surface area contributed by atoms with Gasteiger partial charge in [0, 0.05) is 25.7 Å². The number of hydrogen-bond donors (Lipinski definition) is 3. The Hall–Kier alpha value is -1.94. The minimum Gasteiger partial charge on any atom is -0.462 e. The smallest absolute Gasteiger partial charge is 0.462 e. The maximum Gasteiger partial charge on any atom is 0.472 e. The lowest BCUT2D eigenvalue weighted by Crippen LogP contribution is -2.30. The summed E-state index contributed by atoms with van der Waals surface area (Å²) in [6.45, 7) is 12.0. The number of aliphatic hydroxyl groups excluding tert-OH is 1. The van der Waals surface area contributed by atoms with Gasteiger partial charge in [0.1, 0.15) is 19.3 Å². The van der Waals surface area contributed by atoms with Crippen molar-refractivity contribution < 1.29 is 80.2 Å². The molecule has 0 saturated heterocycles. The molecule has 0 aromatic rings. The largest absolute Gasteiger partial charge is 0.472 e. The number of phosphoric ester groups is 2. The lowest BCUT2D eigenvalue weighted by atomic mass is 9.99. The molecule has 0 saturated carbocycles. The molecule has 6 atom stereocenters. The summed E-state index contributed by atoms with van der Waals surface area (Å²) in [6, 6.07) is 0. The third kappa shape index (κ3) is 76.8. The second-order valence-corrected chi connectivity index (χ2v) is 34.7. The van der Waals surface area contributed by atoms with E-state index in [0.29, 0.717) is 31.6 Å². The Balaban J connectivity index is 5.21. The van der Waals surface area contributed by atoms with Gasteiger partial charge in [-0.25, -0.2) is 9.13 Å². The summed E-state index contributed by atoms with van der Waals surface area (Å²) in [5, 5.41) is 10.7. The normalized spacial score (nSPS) is 14.2. The minimum atomic E-state index is -4.97. The molecule has 0 rings (SSSR count). The van der Waals surface area contributed by atoms with Gasteiger partial charge in [0.05, 0.1) is 26.4 Å². The maximum atomic E-state index is 13.1. The van der Waals surface area contributed by atoms with Crippen LogP contribution in [0.15, 0.2) is 0 Å². The van der Waals surface area contributed by atoms with Gasteiger partial charge in [-0.1, -0.05) is 395 Å². The highest BCUT2D eigenvalue weighted by atomic mass is 31.2. The first-order chi connectivity index (χ1) is 50.3. The van der Waals surface area contributed by atoms with E-state index in [1.807, 2.05) is 0 Å². The predicted octanol–water partition coefficient (Wildman–Crippen LogP) is 25.7. The van der Waals surface area contributed by atoms with Crippen LogP contribution in [-0.2, 0) is 65.4 Å². The zero-order chi connectivity index (χ0) is 76.5. The summed E-state index contributed by atoms with van der Waals surface area (Å²) >= 11 is 0. The highest BCUT2D eigenvalue weighted by Gasteiger charge is 2.30. The van der Waals surface area contributed by atoms with Crippen molar-refractivity contribution in [3.05, 3.63) is 0 Å². The van der Waals surface area contributed by atoms with Crippen molar-refractivity contribution in [2.24, 2.45) is 17.8 Å². The minimum absolute atomic E-state index is 0.107. The van der Waals surface area contributed by atoms with E-state index in [-0.39, 0.29) is 25.7 Å². The van der Waals surface area contributed by atoms with Gasteiger partial charge >= 0.3 is 39.5 Å². The zero-order valence-corrected chi connectivity index (χ0v) is 70.3. The van der Waals surface area contributed by atoms with E-state index in [9.17, 15) is 43.2 Å². The van der Waals surface area contributed by atoms with Crippen molar-refractivity contribution in [2.75, 3.05) is 39.6 Å². The van der Waals surface area contributed by atoms with Crippen LogP contribution in [0.4, 0.5) is 0 Å². The predicted molar refractivity (Wildman–Crippen MR) is 428 cm³/mol. The van der Waals surface area contributed by atoms with E-state index < -0.39 is 97.5 Å². The summed E-state index contributed by atoms with van der Waals surface area (Å²) in [4.78, 5) is 73.1. The monoisotopic (exact) mass is 1520 g/mol. The van der Waals surface area contributed by atoms with E-state index in [2.05, 4.69) is 48.5 Å². The van der Waals surface area contributed by atoms with Gasteiger partial charge in [0.2, 0.25) is 0 Å². The standard InChI is InChI=1S/C85H166O17P2/c1-8-10-11-12-13-14-15-26-34-39-46-54-61-68-84(89)102-81(73-96-83(88)67-60-53-48-41-43-50-57-64-77(5)6)75-100-104(93,94)98-71-79(86)70-97-103(91,92)99-74-80(72-95-82(87)66-59-52-45-38-33-29-24-21-20-22-27-31-36-42-49-56-63-76(3)4)101-85(90)69-62-55-47-40-35-30-25-19-17-16-18-23-28-32-37-44-51-58-65-78(7)9-2/h76-81,86H,8-75H2,1-7H3,(H,91,92)(H,93,94)/t78?,79-,80-,81-/m1/s1. The number of unbranched alkanes of at least 4 members (excludes halogenated alkanes) is 50. The van der Waals surface area contributed by atoms with Crippen LogP contribution >= 0.6 is 15.6 Å². The first kappa shape index (κ1) is 102. The molecule has 0 aromatic heterocycles. The average molecular weight is 1520 g/mol. The summed E-state index contributed by atoms with van der Waals surface area (Å²) < 4.78 is 68.8. The fourth-order valence-electron chi connectivity index (χ4n) is 13.2. The number of rotatable bonds is 83. The number of hydrogen-bond acceptors (Lipinski definition) is 15. The highest BCUT2D eigenvalue weighted by Crippen LogP contribution is 2.45. The molecule has 3 unspecified atom stereocenters. The molecule has 0 aliphatic rings. The zero-order valence-electron chi connectivity index (χ0n) is 68.5. The van der Waals surface area contributed by atoms with Crippen LogP contribution in [0.2, 0.25) is 0 Å². The SMILES string of the molecule is CCCCCCCCCCCCCCCC(=O)O[C@H](COC(=O)CCCCCCCCCC(C)C)COP(=O)(O)OC[C@H](O)COP(=O)(O)OC[C@@H](COC(=O)CCCCCCCCCCCCCCCCCCC(C)C)OC(=O)CCCCCCCCCCCCCCCCCCCCC(C)CC. The molecular weight excluding hydrogens is 1350 g/mol. The molecule has 19 heteroatoms. The average Bonchev–Trinajstić information content (AvgIpc) is 0.911. The van der Waals surface area contributed by atoms with Gasteiger partial charge < -0.3 is 33.8 Å². The van der Waals surface area contributed by atoms with E-state index in [1.54, 1.807) is 0 Å². The third-order valence-corrected chi connectivity index (χ3v) is 22.1. The molecule has 104 heavy (non-hydrogen) atoms. The number of aliphatic hydroxyl groups is 1. The third-order valence-electron chi connectivity index (χ3n) is 20.2. The molecule has 0 heterocycles. The van der Waals surface area contributed by atoms with E-state index in [4.69, 9.17) is 37.0 Å². The Bertz CT molecular complexity index is 2010. The molecule has 17 nitrogen and oxygen atoms in total. The number of phosphoric acid groups is 2. The van der Waals surface area contributed by atoms with Crippen molar-refractivity contribution in [3.8, 4) is 0 Å². The molecule has 3 N–H and O–H groups in total. The fraction of sp³-hybridized carbons (Fsp3) is 0.953. The molecule has 0 radical (unpaired) electrons. The van der Waals surface area contributed by atoms with Gasteiger partial charge in [-0.15, -0.1) is 0 Å². The van der Waals surface area contributed by atoms with Crippen LogP contribution in [-0.4, -0.2) is 96.7 Å². The van der Waals surface area contributed by atoms with Crippen molar-refractivity contribution >= 4 is 39.5 Å². The van der Waals surface area contributed by atoms with E-state index in [0.717, 1.165) is 108 Å². The number of carbonyl (C=O) groups is 4. The summed E-state index contributed by atoms with van der Waals surface area (Å²) in [6.07, 6.45) is 65.3. The van der Waals surface area contributed by atoms with Crippen LogP contribution in [0.25, 0.3) is 0 Å². The van der Waals surface area contributed by atoms with Crippen molar-refractivity contribution in [1.29, 1.82) is 0 Å². The second kappa shape index (κ2) is 75.1. The van der Waals surface area contributed by atoms with Gasteiger partial charge in [-0.3, -0.25) is 37.3 Å². The molecule has 0 aromatic carbocycles. The molecule has 0 fully saturated rings. The van der Waals surface area contributed by atoms with Crippen molar-refractivity contribution in [1.82, 2.24) is 0 Å². The summed E-state index contributed by atoms with van der Waals surface area (Å²) in [7, 11) is -9.92. The molecule has 618 valence electrons. The Kier molecular flexibility index (Phi) is 73.7. The van der Waals surface area contributed by atoms with E-state index >= 15 is 0 Å². The van der Waals surface area contributed by atoms with Crippen LogP contribution in [0.3, 0.4) is 0 Å². The maximum absolute atomic E-state index is 13.1. The number of ether oxygens (including phenoxy) is 4. The number of esters is 4. The number of carbonyl (C=O) groups excluding carboxylic acids is 4. The highest BCUT2D eigenvalue weighted by molar-refractivity contribution is 7.47. The van der Waals surface area contributed by atoms with Gasteiger partial charge in [-0.05, 0) is 43.4 Å². The fourth-order valence-corrected chi connectivity index (χ4v) is 14.7. The van der Waals surface area contributed by atoms with Crippen molar-refractivity contribution in [2.45, 2.75) is 465 Å². The Morgan fingerprint density at radius 2 is 0.490 bits per heavy atom. The summed E-state index contributed by atoms with van der Waals surface area (Å²) in [5.74, 6) is 0.282. The second-order valence-electron chi connectivity index (χ2n) is 31.8. The van der Waals surface area contributed by atoms with Crippen LogP contribution < -0.4 is 0 Å². The van der Waals surface area contributed by atoms with Crippen LogP contribution in [0, 0.1) is 17.8 Å². The molecule has 0 aliphatic heterocycles. The first-order valence-corrected chi connectivity index (χ1v) is 46.9. The van der Waals surface area contributed by atoms with E-state index in [1.165, 1.54) is 250 Å². The molecule has 0 bridgehead atoms. The van der Waals surface area contributed by atoms with Gasteiger partial charge in [0.25, 0.3) is 0 Å².